The van der Waals surface area contributed by atoms with Gasteiger partial charge in [0.1, 0.15) is 12.3 Å². The van der Waals surface area contributed by atoms with Gasteiger partial charge in [-0.3, -0.25) is 5.32 Å². The van der Waals surface area contributed by atoms with Crippen molar-refractivity contribution < 1.29 is 9.15 Å². The number of anilines is 4. The molecular weight excluding hydrogens is 224 g/mol. The highest BCUT2D eigenvalue weighted by atomic mass is 16.5. The summed E-state index contributed by atoms with van der Waals surface area (Å²) in [5.74, 6) is 0.397. The SMILES string of the molecule is Nc1nc(N)c(NCc2ccco2)[n+]([O-])c1N. The first kappa shape index (κ1) is 10.9. The van der Waals surface area contributed by atoms with E-state index in [1.54, 1.807) is 12.1 Å². The van der Waals surface area contributed by atoms with Crippen LogP contribution in [0.25, 0.3) is 0 Å². The normalized spacial score (nSPS) is 10.4. The maximum Gasteiger partial charge on any atom is 0.265 e. The van der Waals surface area contributed by atoms with Crippen molar-refractivity contribution in [2.75, 3.05) is 22.5 Å². The van der Waals surface area contributed by atoms with Crippen LogP contribution in [0.15, 0.2) is 22.8 Å². The zero-order valence-corrected chi connectivity index (χ0v) is 8.88. The second kappa shape index (κ2) is 4.08. The van der Waals surface area contributed by atoms with E-state index in [2.05, 4.69) is 10.3 Å². The molecule has 0 radical (unpaired) electrons. The summed E-state index contributed by atoms with van der Waals surface area (Å²) in [4.78, 5) is 3.75. The molecule has 0 unspecified atom stereocenters. The molecule has 0 fully saturated rings. The minimum absolute atomic E-state index is 0.0155. The number of aromatic nitrogens is 2. The van der Waals surface area contributed by atoms with Gasteiger partial charge in [0.15, 0.2) is 11.6 Å². The molecule has 0 aliphatic rings. The molecule has 2 rings (SSSR count). The molecule has 0 saturated heterocycles. The van der Waals surface area contributed by atoms with E-state index in [0.29, 0.717) is 17.0 Å². The van der Waals surface area contributed by atoms with Gasteiger partial charge in [-0.2, -0.15) is 0 Å². The first-order chi connectivity index (χ1) is 8.09. The zero-order valence-electron chi connectivity index (χ0n) is 8.88. The number of nitrogens with two attached hydrogens (primary N) is 3. The van der Waals surface area contributed by atoms with E-state index in [1.807, 2.05) is 0 Å². The molecule has 0 saturated carbocycles. The quantitative estimate of drug-likeness (QED) is 0.421. The van der Waals surface area contributed by atoms with Crippen molar-refractivity contribution in [2.24, 2.45) is 0 Å². The van der Waals surface area contributed by atoms with E-state index < -0.39 is 0 Å². The summed E-state index contributed by atoms with van der Waals surface area (Å²) in [6, 6.07) is 3.49. The lowest BCUT2D eigenvalue weighted by Crippen LogP contribution is -2.37. The predicted octanol–water partition coefficient (Wildman–Crippen LogP) is -0.333. The van der Waals surface area contributed by atoms with Crippen LogP contribution in [0.1, 0.15) is 5.76 Å². The Morgan fingerprint density at radius 3 is 2.76 bits per heavy atom. The van der Waals surface area contributed by atoms with Gasteiger partial charge in [0.05, 0.1) is 6.26 Å². The largest absolute Gasteiger partial charge is 0.740 e. The third-order valence-electron chi connectivity index (χ3n) is 2.18. The average molecular weight is 236 g/mol. The Bertz CT molecular complexity index is 525. The molecule has 7 N–H and O–H groups in total. The average Bonchev–Trinajstić information content (AvgIpc) is 2.79. The molecule has 0 amide bonds. The smallest absolute Gasteiger partial charge is 0.265 e. The summed E-state index contributed by atoms with van der Waals surface area (Å²) in [7, 11) is 0. The van der Waals surface area contributed by atoms with Crippen molar-refractivity contribution in [1.29, 1.82) is 0 Å². The van der Waals surface area contributed by atoms with Crippen LogP contribution >= 0.6 is 0 Å². The van der Waals surface area contributed by atoms with E-state index >= 15 is 0 Å². The molecule has 0 bridgehead atoms. The fraction of sp³-hybridized carbons (Fsp3) is 0.111. The molecule has 90 valence electrons. The van der Waals surface area contributed by atoms with E-state index in [1.165, 1.54) is 6.26 Å². The monoisotopic (exact) mass is 236 g/mol. The van der Waals surface area contributed by atoms with Gasteiger partial charge in [-0.15, -0.1) is 0 Å². The third kappa shape index (κ3) is 2.00. The number of hydrogen-bond donors (Lipinski definition) is 4. The van der Waals surface area contributed by atoms with Gasteiger partial charge in [0.2, 0.25) is 0 Å². The zero-order chi connectivity index (χ0) is 12.4. The van der Waals surface area contributed by atoms with Crippen LogP contribution in [0.4, 0.5) is 23.3 Å². The molecule has 17 heavy (non-hydrogen) atoms. The minimum Gasteiger partial charge on any atom is -0.740 e. The molecule has 0 aliphatic carbocycles. The Labute approximate surface area is 96.6 Å². The Morgan fingerprint density at radius 2 is 2.12 bits per heavy atom. The standard InChI is InChI=1S/C9H12N6O2/c10-6-8(12)15(16)9(7(11)14-6)13-4-5-2-1-3-17-5/h1-3,13H,4,12H2,(H4,10,11,14). The van der Waals surface area contributed by atoms with Crippen LogP contribution in [0, 0.1) is 5.21 Å². The van der Waals surface area contributed by atoms with E-state index in [9.17, 15) is 5.21 Å². The number of furan rings is 1. The first-order valence-electron chi connectivity index (χ1n) is 4.80. The van der Waals surface area contributed by atoms with Crippen LogP contribution in [0.5, 0.6) is 0 Å². The van der Waals surface area contributed by atoms with Gasteiger partial charge in [-0.1, -0.05) is 0 Å². The fourth-order valence-electron chi connectivity index (χ4n) is 1.31. The van der Waals surface area contributed by atoms with Crippen LogP contribution in [-0.2, 0) is 6.54 Å². The number of rotatable bonds is 3. The van der Waals surface area contributed by atoms with Crippen LogP contribution < -0.4 is 27.2 Å². The Morgan fingerprint density at radius 1 is 1.35 bits per heavy atom. The Kier molecular flexibility index (Phi) is 2.61. The molecule has 2 heterocycles. The van der Waals surface area contributed by atoms with E-state index in [-0.39, 0.29) is 23.3 Å². The number of nitrogens with zero attached hydrogens (tertiary/aromatic N) is 2. The first-order valence-corrected chi connectivity index (χ1v) is 4.80. The molecule has 2 aromatic rings. The van der Waals surface area contributed by atoms with Gasteiger partial charge in [-0.25, -0.2) is 9.71 Å². The van der Waals surface area contributed by atoms with Crippen molar-refractivity contribution in [2.45, 2.75) is 6.54 Å². The van der Waals surface area contributed by atoms with Gasteiger partial charge >= 0.3 is 0 Å². The van der Waals surface area contributed by atoms with E-state index in [4.69, 9.17) is 21.6 Å². The number of nitrogen functional groups attached to an aromatic ring is 3. The summed E-state index contributed by atoms with van der Waals surface area (Å²) >= 11 is 0. The van der Waals surface area contributed by atoms with Gasteiger partial charge < -0.3 is 26.8 Å². The number of hydrogen-bond acceptors (Lipinski definition) is 7. The Balaban J connectivity index is 2.24. The molecule has 8 nitrogen and oxygen atoms in total. The molecule has 2 aromatic heterocycles. The van der Waals surface area contributed by atoms with Crippen LogP contribution in [0.2, 0.25) is 0 Å². The highest BCUT2D eigenvalue weighted by molar-refractivity contribution is 5.60. The lowest BCUT2D eigenvalue weighted by molar-refractivity contribution is -0.573. The molecule has 0 aliphatic heterocycles. The van der Waals surface area contributed by atoms with Gasteiger partial charge in [-0.05, 0) is 12.1 Å². The second-order valence-corrected chi connectivity index (χ2v) is 3.34. The highest BCUT2D eigenvalue weighted by Gasteiger charge is 2.14. The second-order valence-electron chi connectivity index (χ2n) is 3.34. The maximum atomic E-state index is 11.7. The summed E-state index contributed by atoms with van der Waals surface area (Å²) in [5.41, 5.74) is 16.4. The molecule has 0 spiro atoms. The van der Waals surface area contributed by atoms with E-state index in [0.717, 1.165) is 0 Å². The van der Waals surface area contributed by atoms with Crippen LogP contribution in [0.3, 0.4) is 0 Å². The maximum absolute atomic E-state index is 11.7. The molecule has 8 heteroatoms. The summed E-state index contributed by atoms with van der Waals surface area (Å²) in [5, 5.41) is 14.5. The lowest BCUT2D eigenvalue weighted by Gasteiger charge is -2.15. The van der Waals surface area contributed by atoms with Crippen molar-refractivity contribution in [3.8, 4) is 0 Å². The highest BCUT2D eigenvalue weighted by Crippen LogP contribution is 2.17. The topological polar surface area (TPSA) is 143 Å². The minimum atomic E-state index is -0.193. The van der Waals surface area contributed by atoms with Crippen molar-refractivity contribution in [1.82, 2.24) is 4.98 Å². The number of nitrogens with one attached hydrogen (secondary N) is 1. The molecule has 0 aromatic carbocycles. The van der Waals surface area contributed by atoms with Crippen molar-refractivity contribution in [3.05, 3.63) is 29.4 Å². The van der Waals surface area contributed by atoms with Gasteiger partial charge in [0, 0.05) is 0 Å². The third-order valence-corrected chi connectivity index (χ3v) is 2.18. The molecular formula is C9H12N6O2. The summed E-state index contributed by atoms with van der Waals surface area (Å²) in [6.07, 6.45) is 1.53. The van der Waals surface area contributed by atoms with Crippen molar-refractivity contribution in [3.63, 3.8) is 0 Å². The van der Waals surface area contributed by atoms with Crippen LogP contribution in [-0.4, -0.2) is 4.98 Å². The lowest BCUT2D eigenvalue weighted by atomic mass is 10.4. The van der Waals surface area contributed by atoms with Crippen molar-refractivity contribution >= 4 is 23.3 Å². The summed E-state index contributed by atoms with van der Waals surface area (Å²) < 4.78 is 5.50. The fourth-order valence-corrected chi connectivity index (χ4v) is 1.31. The van der Waals surface area contributed by atoms with Gasteiger partial charge in [0.25, 0.3) is 11.6 Å². The Hall–Kier alpha value is -2.64. The molecule has 0 atom stereocenters. The predicted molar refractivity (Wildman–Crippen MR) is 62.5 cm³/mol. The summed E-state index contributed by atoms with van der Waals surface area (Å²) in [6.45, 7) is 0.296.